The first-order valence-corrected chi connectivity index (χ1v) is 14.1. The maximum Gasteiger partial charge on any atom is 0.416 e. The van der Waals surface area contributed by atoms with Crippen LogP contribution in [0.25, 0.3) is 11.1 Å². The number of anilines is 2. The van der Waals surface area contributed by atoms with Crippen LogP contribution in [0.3, 0.4) is 0 Å². The minimum Gasteiger partial charge on any atom is -0.478 e. The average molecular weight is 601 g/mol. The Balaban J connectivity index is 1.34. The molecule has 1 aromatic heterocycles. The molecule has 6 rings (SSSR count). The number of halogens is 3. The SMILES string of the molecule is O=C(Nc1ccccc1)Nc1ccc(-c2c(C(=O)O)c(CCc3ccc(C(F)(F)F)cc3)nc3c2C(=O)N2CCC[C@@H]32)cc1. The molecule has 3 amide bonds. The Hall–Kier alpha value is -5.19. The third kappa shape index (κ3) is 5.60. The first kappa shape index (κ1) is 28.9. The predicted molar refractivity (Wildman–Crippen MR) is 158 cm³/mol. The standard InChI is InChI=1S/C33H27F3N4O4/c34-33(35,36)21-13-8-19(9-14-21)10-17-24-27(31(42)43)26(28-29(39-24)25-7-4-18-40(25)30(28)41)20-11-15-23(16-12-20)38-32(44)37-22-5-2-1-3-6-22/h1-3,5-6,8-9,11-16,25H,4,7,10,17-18H2,(H,42,43)(H2,37,38,44)/t25-/m0/s1. The van der Waals surface area contributed by atoms with E-state index < -0.39 is 23.7 Å². The zero-order valence-corrected chi connectivity index (χ0v) is 23.3. The molecule has 0 aliphatic carbocycles. The summed E-state index contributed by atoms with van der Waals surface area (Å²) in [4.78, 5) is 45.3. The molecule has 0 bridgehead atoms. The molecule has 0 radical (unpaired) electrons. The van der Waals surface area contributed by atoms with Gasteiger partial charge < -0.3 is 20.6 Å². The maximum atomic E-state index is 13.6. The lowest BCUT2D eigenvalue weighted by atomic mass is 9.90. The number of hydrogen-bond donors (Lipinski definition) is 3. The fraction of sp³-hybridized carbons (Fsp3) is 0.212. The molecule has 3 N–H and O–H groups in total. The fourth-order valence-corrected chi connectivity index (χ4v) is 5.91. The maximum absolute atomic E-state index is 13.6. The van der Waals surface area contributed by atoms with E-state index in [1.165, 1.54) is 12.1 Å². The molecule has 3 heterocycles. The fourth-order valence-electron chi connectivity index (χ4n) is 5.91. The first-order chi connectivity index (χ1) is 21.1. The first-order valence-electron chi connectivity index (χ1n) is 14.1. The molecule has 0 spiro atoms. The highest BCUT2D eigenvalue weighted by Gasteiger charge is 2.44. The van der Waals surface area contributed by atoms with Crippen LogP contribution in [-0.2, 0) is 19.0 Å². The van der Waals surface area contributed by atoms with Gasteiger partial charge in [-0.25, -0.2) is 9.59 Å². The molecule has 4 aromatic rings. The number of carboxylic acids is 1. The van der Waals surface area contributed by atoms with E-state index in [0.717, 1.165) is 18.6 Å². The Labute approximate surface area is 250 Å². The molecular formula is C33H27F3N4O4. The summed E-state index contributed by atoms with van der Waals surface area (Å²) in [6, 6.07) is 19.5. The predicted octanol–water partition coefficient (Wildman–Crippen LogP) is 7.19. The number of hydrogen-bond acceptors (Lipinski definition) is 4. The molecule has 0 saturated carbocycles. The van der Waals surface area contributed by atoms with Gasteiger partial charge in [-0.1, -0.05) is 42.5 Å². The molecule has 2 aliphatic rings. The van der Waals surface area contributed by atoms with Gasteiger partial charge in [-0.2, -0.15) is 13.2 Å². The molecule has 224 valence electrons. The van der Waals surface area contributed by atoms with Crippen molar-refractivity contribution < 1.29 is 32.7 Å². The van der Waals surface area contributed by atoms with Crippen LogP contribution >= 0.6 is 0 Å². The number of aryl methyl sites for hydroxylation is 2. The molecule has 11 heteroatoms. The lowest BCUT2D eigenvalue weighted by Gasteiger charge is -2.17. The third-order valence-corrected chi connectivity index (χ3v) is 7.95. The van der Waals surface area contributed by atoms with Gasteiger partial charge in [0.1, 0.15) is 0 Å². The Morgan fingerprint density at radius 3 is 2.18 bits per heavy atom. The van der Waals surface area contributed by atoms with Crippen molar-refractivity contribution in [3.63, 3.8) is 0 Å². The van der Waals surface area contributed by atoms with Crippen LogP contribution in [0.4, 0.5) is 29.3 Å². The Morgan fingerprint density at radius 1 is 0.886 bits per heavy atom. The number of benzene rings is 3. The smallest absolute Gasteiger partial charge is 0.416 e. The summed E-state index contributed by atoms with van der Waals surface area (Å²) in [5.41, 5.74) is 2.56. The molecular weight excluding hydrogens is 573 g/mol. The minimum absolute atomic E-state index is 0.118. The number of rotatable bonds is 7. The molecule has 8 nitrogen and oxygen atoms in total. The van der Waals surface area contributed by atoms with Crippen molar-refractivity contribution in [2.24, 2.45) is 0 Å². The van der Waals surface area contributed by atoms with Gasteiger partial charge in [0.2, 0.25) is 0 Å². The third-order valence-electron chi connectivity index (χ3n) is 7.95. The number of carbonyl (C=O) groups is 3. The summed E-state index contributed by atoms with van der Waals surface area (Å²) >= 11 is 0. The van der Waals surface area contributed by atoms with Gasteiger partial charge in [0.15, 0.2) is 0 Å². The van der Waals surface area contributed by atoms with E-state index in [1.54, 1.807) is 53.4 Å². The second kappa shape index (κ2) is 11.5. The molecule has 3 aromatic carbocycles. The summed E-state index contributed by atoms with van der Waals surface area (Å²) in [5.74, 6) is -1.53. The number of nitrogens with one attached hydrogen (secondary N) is 2. The topological polar surface area (TPSA) is 112 Å². The van der Waals surface area contributed by atoms with E-state index in [0.29, 0.717) is 41.2 Å². The van der Waals surface area contributed by atoms with E-state index in [2.05, 4.69) is 10.6 Å². The second-order valence-corrected chi connectivity index (χ2v) is 10.7. The normalized spacial score (nSPS) is 15.6. The number of para-hydroxylation sites is 1. The van der Waals surface area contributed by atoms with Gasteiger partial charge in [0.05, 0.1) is 34.1 Å². The highest BCUT2D eigenvalue weighted by molar-refractivity contribution is 6.10. The van der Waals surface area contributed by atoms with Crippen LogP contribution in [0.15, 0.2) is 78.9 Å². The molecule has 0 unspecified atom stereocenters. The highest BCUT2D eigenvalue weighted by atomic mass is 19.4. The summed E-state index contributed by atoms with van der Waals surface area (Å²) in [5, 5.41) is 15.9. The number of alkyl halides is 3. The van der Waals surface area contributed by atoms with Gasteiger partial charge in [-0.3, -0.25) is 9.78 Å². The van der Waals surface area contributed by atoms with E-state index in [9.17, 15) is 32.7 Å². The van der Waals surface area contributed by atoms with E-state index >= 15 is 0 Å². The number of aromatic carboxylic acids is 1. The van der Waals surface area contributed by atoms with Crippen molar-refractivity contribution in [1.29, 1.82) is 0 Å². The van der Waals surface area contributed by atoms with E-state index in [-0.39, 0.29) is 47.2 Å². The highest BCUT2D eigenvalue weighted by Crippen LogP contribution is 2.45. The number of nitrogens with zero attached hydrogens (tertiary/aromatic N) is 2. The van der Waals surface area contributed by atoms with Crippen molar-refractivity contribution >= 4 is 29.3 Å². The molecule has 1 fully saturated rings. The summed E-state index contributed by atoms with van der Waals surface area (Å²) in [6.45, 7) is 0.544. The van der Waals surface area contributed by atoms with E-state index in [1.807, 2.05) is 6.07 Å². The molecule has 1 atom stereocenters. The number of pyridine rings is 1. The lowest BCUT2D eigenvalue weighted by molar-refractivity contribution is -0.137. The van der Waals surface area contributed by atoms with Crippen molar-refractivity contribution in [2.75, 3.05) is 17.2 Å². The van der Waals surface area contributed by atoms with Gasteiger partial charge in [0, 0.05) is 23.5 Å². The zero-order chi connectivity index (χ0) is 31.0. The van der Waals surface area contributed by atoms with Crippen LogP contribution in [0.2, 0.25) is 0 Å². The van der Waals surface area contributed by atoms with Crippen LogP contribution in [0.1, 0.15) is 62.1 Å². The number of aromatic nitrogens is 1. The van der Waals surface area contributed by atoms with Crippen LogP contribution in [0, 0.1) is 0 Å². The number of amides is 3. The van der Waals surface area contributed by atoms with Crippen LogP contribution < -0.4 is 10.6 Å². The number of fused-ring (bicyclic) bond motifs is 3. The van der Waals surface area contributed by atoms with Gasteiger partial charge >= 0.3 is 18.2 Å². The van der Waals surface area contributed by atoms with Gasteiger partial charge in [-0.15, -0.1) is 0 Å². The zero-order valence-electron chi connectivity index (χ0n) is 23.3. The summed E-state index contributed by atoms with van der Waals surface area (Å²) in [6.07, 6.45) is -2.55. The summed E-state index contributed by atoms with van der Waals surface area (Å²) in [7, 11) is 0. The number of urea groups is 1. The molecule has 1 saturated heterocycles. The Bertz CT molecular complexity index is 1740. The van der Waals surface area contributed by atoms with Crippen molar-refractivity contribution in [3.05, 3.63) is 113 Å². The second-order valence-electron chi connectivity index (χ2n) is 10.7. The molecule has 44 heavy (non-hydrogen) atoms. The lowest BCUT2D eigenvalue weighted by Crippen LogP contribution is -2.23. The largest absolute Gasteiger partial charge is 0.478 e. The van der Waals surface area contributed by atoms with Crippen LogP contribution in [0.5, 0.6) is 0 Å². The monoisotopic (exact) mass is 600 g/mol. The van der Waals surface area contributed by atoms with Crippen molar-refractivity contribution in [2.45, 2.75) is 37.9 Å². The average Bonchev–Trinajstić information content (AvgIpc) is 3.58. The van der Waals surface area contributed by atoms with E-state index in [4.69, 9.17) is 4.98 Å². The molecule has 2 aliphatic heterocycles. The van der Waals surface area contributed by atoms with Gasteiger partial charge in [0.25, 0.3) is 5.91 Å². The Kier molecular flexibility index (Phi) is 7.54. The minimum atomic E-state index is -4.46. The number of carbonyl (C=O) groups excluding carboxylic acids is 2. The van der Waals surface area contributed by atoms with Crippen molar-refractivity contribution in [3.8, 4) is 11.1 Å². The number of carboxylic acid groups (broad SMARTS) is 1. The van der Waals surface area contributed by atoms with Crippen molar-refractivity contribution in [1.82, 2.24) is 9.88 Å². The van der Waals surface area contributed by atoms with Crippen LogP contribution in [-0.4, -0.2) is 39.4 Å². The van der Waals surface area contributed by atoms with Gasteiger partial charge in [-0.05, 0) is 73.2 Å². The Morgan fingerprint density at radius 2 is 1.55 bits per heavy atom. The summed E-state index contributed by atoms with van der Waals surface area (Å²) < 4.78 is 39.1. The quantitative estimate of drug-likeness (QED) is 0.208.